The first-order valence-electron chi connectivity index (χ1n) is 8.97. The molecule has 1 amide bonds. The molecule has 0 spiro atoms. The summed E-state index contributed by atoms with van der Waals surface area (Å²) in [5.74, 6) is 3.06. The fourth-order valence-corrected chi connectivity index (χ4v) is 3.95. The third kappa shape index (κ3) is 4.01. The molecule has 2 heterocycles. The summed E-state index contributed by atoms with van der Waals surface area (Å²) in [6.07, 6.45) is 7.84. The first-order valence-corrected chi connectivity index (χ1v) is 8.97. The molecule has 0 radical (unpaired) electrons. The molecule has 23 heavy (non-hydrogen) atoms. The zero-order chi connectivity index (χ0) is 16.2. The Morgan fingerprint density at radius 2 is 1.91 bits per heavy atom. The highest BCUT2D eigenvalue weighted by Crippen LogP contribution is 2.29. The van der Waals surface area contributed by atoms with Crippen LogP contribution in [0.25, 0.3) is 0 Å². The SMILES string of the molecule is CNc1cc(CC2CCN(C(=O)C3CCCC3)CC2)nc(C)n1. The van der Waals surface area contributed by atoms with E-state index in [9.17, 15) is 4.79 Å². The average Bonchev–Trinajstić information content (AvgIpc) is 3.09. The summed E-state index contributed by atoms with van der Waals surface area (Å²) in [4.78, 5) is 23.5. The van der Waals surface area contributed by atoms with Gasteiger partial charge < -0.3 is 10.2 Å². The van der Waals surface area contributed by atoms with Gasteiger partial charge in [0.2, 0.25) is 5.91 Å². The van der Waals surface area contributed by atoms with E-state index in [1.165, 1.54) is 12.8 Å². The van der Waals surface area contributed by atoms with Gasteiger partial charge in [0.15, 0.2) is 0 Å². The van der Waals surface area contributed by atoms with Gasteiger partial charge in [-0.25, -0.2) is 9.97 Å². The maximum absolute atomic E-state index is 12.5. The number of carbonyl (C=O) groups excluding carboxylic acids is 1. The highest BCUT2D eigenvalue weighted by molar-refractivity contribution is 5.79. The fourth-order valence-electron chi connectivity index (χ4n) is 3.95. The minimum atomic E-state index is 0.314. The second kappa shape index (κ2) is 7.28. The molecule has 126 valence electrons. The molecule has 2 aliphatic rings. The van der Waals surface area contributed by atoms with Crippen LogP contribution < -0.4 is 5.32 Å². The van der Waals surface area contributed by atoms with Crippen LogP contribution in [0.4, 0.5) is 5.82 Å². The summed E-state index contributed by atoms with van der Waals surface area (Å²) in [7, 11) is 1.89. The smallest absolute Gasteiger partial charge is 0.225 e. The Bertz CT molecular complexity index is 546. The van der Waals surface area contributed by atoms with Gasteiger partial charge in [-0.3, -0.25) is 4.79 Å². The van der Waals surface area contributed by atoms with Gasteiger partial charge in [-0.1, -0.05) is 12.8 Å². The number of nitrogens with one attached hydrogen (secondary N) is 1. The van der Waals surface area contributed by atoms with E-state index in [0.717, 1.165) is 62.5 Å². The first kappa shape index (κ1) is 16.2. The molecule has 2 fully saturated rings. The number of nitrogens with zero attached hydrogens (tertiary/aromatic N) is 3. The van der Waals surface area contributed by atoms with E-state index in [0.29, 0.717) is 17.7 Å². The highest BCUT2D eigenvalue weighted by atomic mass is 16.2. The van der Waals surface area contributed by atoms with Crippen LogP contribution in [0.3, 0.4) is 0 Å². The molecule has 1 aliphatic heterocycles. The number of piperidine rings is 1. The number of carbonyl (C=O) groups is 1. The molecule has 1 aromatic heterocycles. The molecule has 1 saturated carbocycles. The van der Waals surface area contributed by atoms with Gasteiger partial charge in [0.25, 0.3) is 0 Å². The molecule has 3 rings (SSSR count). The molecule has 1 aromatic rings. The number of amides is 1. The van der Waals surface area contributed by atoms with Crippen molar-refractivity contribution in [2.45, 2.75) is 51.9 Å². The molecule has 5 nitrogen and oxygen atoms in total. The number of rotatable bonds is 4. The first-order chi connectivity index (χ1) is 11.2. The minimum Gasteiger partial charge on any atom is -0.373 e. The maximum Gasteiger partial charge on any atom is 0.225 e. The number of hydrogen-bond acceptors (Lipinski definition) is 4. The third-order valence-corrected chi connectivity index (χ3v) is 5.28. The second-order valence-electron chi connectivity index (χ2n) is 7.00. The van der Waals surface area contributed by atoms with Crippen LogP contribution in [-0.2, 0) is 11.2 Å². The quantitative estimate of drug-likeness (QED) is 0.928. The third-order valence-electron chi connectivity index (χ3n) is 5.28. The summed E-state index contributed by atoms with van der Waals surface area (Å²) in [6.45, 7) is 3.78. The van der Waals surface area contributed by atoms with Crippen LogP contribution >= 0.6 is 0 Å². The molecule has 0 unspecified atom stereocenters. The molecule has 1 aliphatic carbocycles. The van der Waals surface area contributed by atoms with Gasteiger partial charge in [0.05, 0.1) is 0 Å². The van der Waals surface area contributed by atoms with Gasteiger partial charge in [-0.15, -0.1) is 0 Å². The fraction of sp³-hybridized carbons (Fsp3) is 0.722. The molecular formula is C18H28N4O. The lowest BCUT2D eigenvalue weighted by molar-refractivity contribution is -0.136. The second-order valence-corrected chi connectivity index (χ2v) is 7.00. The predicted molar refractivity (Wildman–Crippen MR) is 91.3 cm³/mol. The number of aromatic nitrogens is 2. The van der Waals surface area contributed by atoms with E-state index >= 15 is 0 Å². The van der Waals surface area contributed by atoms with E-state index < -0.39 is 0 Å². The lowest BCUT2D eigenvalue weighted by Crippen LogP contribution is -2.41. The van der Waals surface area contributed by atoms with Crippen molar-refractivity contribution in [3.05, 3.63) is 17.6 Å². The highest BCUT2D eigenvalue weighted by Gasteiger charge is 2.30. The number of aryl methyl sites for hydroxylation is 1. The predicted octanol–water partition coefficient (Wildman–Crippen LogP) is 2.80. The Morgan fingerprint density at radius 3 is 2.57 bits per heavy atom. The molecule has 0 bridgehead atoms. The Labute approximate surface area is 138 Å². The summed E-state index contributed by atoms with van der Waals surface area (Å²) in [5, 5.41) is 3.09. The molecule has 0 atom stereocenters. The van der Waals surface area contributed by atoms with Crippen molar-refractivity contribution in [2.24, 2.45) is 11.8 Å². The van der Waals surface area contributed by atoms with Crippen molar-refractivity contribution in [1.82, 2.24) is 14.9 Å². The lowest BCUT2D eigenvalue weighted by Gasteiger charge is -2.33. The van der Waals surface area contributed by atoms with E-state index in [-0.39, 0.29) is 0 Å². The summed E-state index contributed by atoms with van der Waals surface area (Å²) in [5.41, 5.74) is 1.11. The van der Waals surface area contributed by atoms with Crippen LogP contribution in [0, 0.1) is 18.8 Å². The van der Waals surface area contributed by atoms with Crippen molar-refractivity contribution >= 4 is 11.7 Å². The molecule has 5 heteroatoms. The minimum absolute atomic E-state index is 0.314. The van der Waals surface area contributed by atoms with Crippen LogP contribution in [-0.4, -0.2) is 40.9 Å². The lowest BCUT2D eigenvalue weighted by atomic mass is 9.91. The maximum atomic E-state index is 12.5. The van der Waals surface area contributed by atoms with Crippen molar-refractivity contribution in [1.29, 1.82) is 0 Å². The molecule has 1 saturated heterocycles. The summed E-state index contributed by atoms with van der Waals surface area (Å²) in [6, 6.07) is 2.04. The number of likely N-dealkylation sites (tertiary alicyclic amines) is 1. The van der Waals surface area contributed by atoms with Gasteiger partial charge in [0.1, 0.15) is 11.6 Å². The van der Waals surface area contributed by atoms with Gasteiger partial charge >= 0.3 is 0 Å². The van der Waals surface area contributed by atoms with Crippen molar-refractivity contribution in [3.63, 3.8) is 0 Å². The molecular weight excluding hydrogens is 288 g/mol. The monoisotopic (exact) mass is 316 g/mol. The normalized spacial score (nSPS) is 20.0. The van der Waals surface area contributed by atoms with Gasteiger partial charge in [-0.05, 0) is 44.9 Å². The molecule has 0 aromatic carbocycles. The molecule has 1 N–H and O–H groups in total. The van der Waals surface area contributed by atoms with Crippen molar-refractivity contribution in [2.75, 3.05) is 25.5 Å². The van der Waals surface area contributed by atoms with E-state index in [1.54, 1.807) is 0 Å². The largest absolute Gasteiger partial charge is 0.373 e. The average molecular weight is 316 g/mol. The van der Waals surface area contributed by atoms with Gasteiger partial charge in [-0.2, -0.15) is 0 Å². The van der Waals surface area contributed by atoms with E-state index in [4.69, 9.17) is 0 Å². The number of anilines is 1. The topological polar surface area (TPSA) is 58.1 Å². The summed E-state index contributed by atoms with van der Waals surface area (Å²) < 4.78 is 0. The van der Waals surface area contributed by atoms with E-state index in [2.05, 4.69) is 20.2 Å². The van der Waals surface area contributed by atoms with Crippen LogP contribution in [0.1, 0.15) is 50.0 Å². The zero-order valence-electron chi connectivity index (χ0n) is 14.3. The summed E-state index contributed by atoms with van der Waals surface area (Å²) >= 11 is 0. The van der Waals surface area contributed by atoms with Crippen molar-refractivity contribution < 1.29 is 4.79 Å². The number of hydrogen-bond donors (Lipinski definition) is 1. The Hall–Kier alpha value is -1.65. The van der Waals surface area contributed by atoms with Gasteiger partial charge in [0, 0.05) is 37.8 Å². The van der Waals surface area contributed by atoms with E-state index in [1.807, 2.05) is 20.0 Å². The van der Waals surface area contributed by atoms with Crippen molar-refractivity contribution in [3.8, 4) is 0 Å². The Balaban J connectivity index is 1.53. The van der Waals surface area contributed by atoms with Crippen LogP contribution in [0.15, 0.2) is 6.07 Å². The Morgan fingerprint density at radius 1 is 1.22 bits per heavy atom. The zero-order valence-corrected chi connectivity index (χ0v) is 14.3. The Kier molecular flexibility index (Phi) is 5.13. The van der Waals surface area contributed by atoms with Crippen LogP contribution in [0.2, 0.25) is 0 Å². The van der Waals surface area contributed by atoms with Crippen LogP contribution in [0.5, 0.6) is 0 Å². The standard InChI is InChI=1S/C18H28N4O/c1-13-20-16(12-17(19-2)21-13)11-14-7-9-22(10-8-14)18(23)15-5-3-4-6-15/h12,14-15H,3-11H2,1-2H3,(H,19,20,21).